The number of benzene rings is 2. The van der Waals surface area contributed by atoms with Crippen molar-refractivity contribution < 1.29 is 0 Å². The van der Waals surface area contributed by atoms with Crippen LogP contribution >= 0.6 is 0 Å². The number of hydrogen-bond acceptors (Lipinski definition) is 2. The highest BCUT2D eigenvalue weighted by molar-refractivity contribution is 6.03. The van der Waals surface area contributed by atoms with Crippen molar-refractivity contribution in [1.82, 2.24) is 0 Å². The standard InChI is InChI=1S/C12H14N2/c1-7-8(2)12(14)10-6-4-3-5-9(10)11(7)13/h3-6H,13-14H2,1-2H3. The third kappa shape index (κ3) is 1.04. The Kier molecular flexibility index (Phi) is 1.84. The van der Waals surface area contributed by atoms with Crippen molar-refractivity contribution in [3.05, 3.63) is 35.4 Å². The van der Waals surface area contributed by atoms with Crippen LogP contribution < -0.4 is 11.5 Å². The van der Waals surface area contributed by atoms with E-state index in [1.807, 2.05) is 38.1 Å². The summed E-state index contributed by atoms with van der Waals surface area (Å²) in [6.45, 7) is 4.01. The average molecular weight is 186 g/mol. The molecule has 2 rings (SSSR count). The molecule has 0 amide bonds. The molecule has 0 bridgehead atoms. The van der Waals surface area contributed by atoms with Crippen molar-refractivity contribution in [1.29, 1.82) is 0 Å². The van der Waals surface area contributed by atoms with E-state index in [4.69, 9.17) is 11.5 Å². The fourth-order valence-electron chi connectivity index (χ4n) is 1.76. The quantitative estimate of drug-likeness (QED) is 0.621. The van der Waals surface area contributed by atoms with Crippen LogP contribution in [-0.2, 0) is 0 Å². The number of nitrogen functional groups attached to an aromatic ring is 2. The zero-order valence-electron chi connectivity index (χ0n) is 8.46. The largest absolute Gasteiger partial charge is 0.398 e. The molecule has 0 unspecified atom stereocenters. The van der Waals surface area contributed by atoms with Crippen molar-refractivity contribution in [2.45, 2.75) is 13.8 Å². The molecule has 14 heavy (non-hydrogen) atoms. The third-order valence-corrected chi connectivity index (χ3v) is 2.88. The molecule has 0 fully saturated rings. The van der Waals surface area contributed by atoms with Gasteiger partial charge in [0, 0.05) is 22.1 Å². The minimum absolute atomic E-state index is 0.840. The number of hydrogen-bond donors (Lipinski definition) is 2. The molecule has 2 nitrogen and oxygen atoms in total. The summed E-state index contributed by atoms with van der Waals surface area (Å²) in [5.74, 6) is 0. The first-order chi connectivity index (χ1) is 6.63. The Hall–Kier alpha value is -1.70. The molecule has 2 aromatic rings. The van der Waals surface area contributed by atoms with Crippen LogP contribution in [-0.4, -0.2) is 0 Å². The van der Waals surface area contributed by atoms with Crippen LogP contribution in [0.5, 0.6) is 0 Å². The van der Waals surface area contributed by atoms with Gasteiger partial charge in [-0.2, -0.15) is 0 Å². The predicted molar refractivity (Wildman–Crippen MR) is 62.2 cm³/mol. The van der Waals surface area contributed by atoms with Crippen molar-refractivity contribution in [2.24, 2.45) is 0 Å². The monoisotopic (exact) mass is 186 g/mol. The summed E-state index contributed by atoms with van der Waals surface area (Å²) in [4.78, 5) is 0. The highest BCUT2D eigenvalue weighted by Gasteiger charge is 2.08. The number of nitrogens with two attached hydrogens (primary N) is 2. The maximum absolute atomic E-state index is 6.03. The molecule has 0 spiro atoms. The molecule has 0 saturated carbocycles. The molecular formula is C12H14N2. The van der Waals surface area contributed by atoms with Crippen LogP contribution in [0, 0.1) is 13.8 Å². The smallest absolute Gasteiger partial charge is 0.0427 e. The second-order valence-corrected chi connectivity index (χ2v) is 3.62. The Morgan fingerprint density at radius 3 is 1.50 bits per heavy atom. The lowest BCUT2D eigenvalue weighted by Crippen LogP contribution is -1.99. The van der Waals surface area contributed by atoms with Crippen molar-refractivity contribution in [3.8, 4) is 0 Å². The van der Waals surface area contributed by atoms with Gasteiger partial charge in [0.1, 0.15) is 0 Å². The van der Waals surface area contributed by atoms with Gasteiger partial charge in [0.25, 0.3) is 0 Å². The Balaban J connectivity index is 3.02. The molecule has 0 aromatic heterocycles. The Morgan fingerprint density at radius 2 is 1.14 bits per heavy atom. The van der Waals surface area contributed by atoms with Crippen LogP contribution in [0.4, 0.5) is 11.4 Å². The van der Waals surface area contributed by atoms with Gasteiger partial charge in [0.2, 0.25) is 0 Å². The van der Waals surface area contributed by atoms with E-state index in [2.05, 4.69) is 0 Å². The molecule has 4 N–H and O–H groups in total. The zero-order chi connectivity index (χ0) is 10.3. The Labute approximate surface area is 83.5 Å². The van der Waals surface area contributed by atoms with E-state index in [1.54, 1.807) is 0 Å². The summed E-state index contributed by atoms with van der Waals surface area (Å²) in [5, 5.41) is 2.10. The Bertz CT molecular complexity index is 455. The van der Waals surface area contributed by atoms with E-state index < -0.39 is 0 Å². The van der Waals surface area contributed by atoms with Gasteiger partial charge in [0.15, 0.2) is 0 Å². The molecule has 72 valence electrons. The van der Waals surface area contributed by atoms with E-state index in [0.717, 1.165) is 33.3 Å². The van der Waals surface area contributed by atoms with E-state index in [-0.39, 0.29) is 0 Å². The molecule has 0 saturated heterocycles. The highest BCUT2D eigenvalue weighted by atomic mass is 14.6. The van der Waals surface area contributed by atoms with E-state index in [0.29, 0.717) is 0 Å². The number of fused-ring (bicyclic) bond motifs is 1. The van der Waals surface area contributed by atoms with Crippen molar-refractivity contribution >= 4 is 22.1 Å². The molecule has 2 aromatic carbocycles. The van der Waals surface area contributed by atoms with Gasteiger partial charge >= 0.3 is 0 Å². The zero-order valence-corrected chi connectivity index (χ0v) is 8.46. The minimum atomic E-state index is 0.840. The molecular weight excluding hydrogens is 172 g/mol. The Morgan fingerprint density at radius 1 is 0.786 bits per heavy atom. The lowest BCUT2D eigenvalue weighted by Gasteiger charge is -2.12. The van der Waals surface area contributed by atoms with E-state index in [1.165, 1.54) is 0 Å². The van der Waals surface area contributed by atoms with Gasteiger partial charge in [-0.3, -0.25) is 0 Å². The summed E-state index contributed by atoms with van der Waals surface area (Å²) in [7, 11) is 0. The van der Waals surface area contributed by atoms with Crippen LogP contribution in [0.25, 0.3) is 10.8 Å². The van der Waals surface area contributed by atoms with Crippen LogP contribution in [0.1, 0.15) is 11.1 Å². The van der Waals surface area contributed by atoms with Crippen LogP contribution in [0.2, 0.25) is 0 Å². The maximum atomic E-state index is 6.03. The van der Waals surface area contributed by atoms with Gasteiger partial charge in [-0.1, -0.05) is 24.3 Å². The summed E-state index contributed by atoms with van der Waals surface area (Å²) >= 11 is 0. The molecule has 0 radical (unpaired) electrons. The molecule has 0 heterocycles. The van der Waals surface area contributed by atoms with E-state index in [9.17, 15) is 0 Å². The summed E-state index contributed by atoms with van der Waals surface area (Å²) < 4.78 is 0. The van der Waals surface area contributed by atoms with Crippen molar-refractivity contribution in [2.75, 3.05) is 11.5 Å². The van der Waals surface area contributed by atoms with Gasteiger partial charge in [0.05, 0.1) is 0 Å². The van der Waals surface area contributed by atoms with Gasteiger partial charge in [-0.15, -0.1) is 0 Å². The highest BCUT2D eigenvalue weighted by Crippen LogP contribution is 2.33. The lowest BCUT2D eigenvalue weighted by molar-refractivity contribution is 1.37. The minimum Gasteiger partial charge on any atom is -0.398 e. The maximum Gasteiger partial charge on any atom is 0.0427 e. The predicted octanol–water partition coefficient (Wildman–Crippen LogP) is 2.62. The second-order valence-electron chi connectivity index (χ2n) is 3.62. The number of rotatable bonds is 0. The normalized spacial score (nSPS) is 10.7. The first-order valence-electron chi connectivity index (χ1n) is 4.65. The summed E-state index contributed by atoms with van der Waals surface area (Å²) in [5.41, 5.74) is 15.9. The fourth-order valence-corrected chi connectivity index (χ4v) is 1.76. The molecule has 0 aliphatic heterocycles. The average Bonchev–Trinajstić information content (AvgIpc) is 2.23. The molecule has 0 aliphatic carbocycles. The second kappa shape index (κ2) is 2.91. The summed E-state index contributed by atoms with van der Waals surface area (Å²) in [6, 6.07) is 7.97. The molecule has 0 aliphatic rings. The van der Waals surface area contributed by atoms with Crippen LogP contribution in [0.15, 0.2) is 24.3 Å². The SMILES string of the molecule is Cc1c(C)c(N)c2ccccc2c1N. The molecule has 2 heteroatoms. The van der Waals surface area contributed by atoms with Gasteiger partial charge in [-0.05, 0) is 25.0 Å². The topological polar surface area (TPSA) is 52.0 Å². The first kappa shape index (κ1) is 8.88. The fraction of sp³-hybridized carbons (Fsp3) is 0.167. The summed E-state index contributed by atoms with van der Waals surface area (Å²) in [6.07, 6.45) is 0. The van der Waals surface area contributed by atoms with Crippen molar-refractivity contribution in [3.63, 3.8) is 0 Å². The first-order valence-corrected chi connectivity index (χ1v) is 4.65. The van der Waals surface area contributed by atoms with Crippen LogP contribution in [0.3, 0.4) is 0 Å². The van der Waals surface area contributed by atoms with E-state index >= 15 is 0 Å². The molecule has 0 atom stereocenters. The third-order valence-electron chi connectivity index (χ3n) is 2.88. The number of anilines is 2. The lowest BCUT2D eigenvalue weighted by atomic mass is 9.98. The van der Waals surface area contributed by atoms with Gasteiger partial charge in [-0.25, -0.2) is 0 Å². The van der Waals surface area contributed by atoms with Gasteiger partial charge < -0.3 is 11.5 Å².